The zero-order chi connectivity index (χ0) is 24.3. The van der Waals surface area contributed by atoms with Crippen LogP contribution in [0.5, 0.6) is 0 Å². The topological polar surface area (TPSA) is 43.4 Å². The van der Waals surface area contributed by atoms with Crippen LogP contribution < -0.4 is 0 Å². The molecule has 0 aliphatic heterocycles. The number of halogens is 17. The van der Waals surface area contributed by atoms with Crippen LogP contribution in [-0.2, 0) is 46.0 Å². The molecule has 0 saturated heterocycles. The summed E-state index contributed by atoms with van der Waals surface area (Å²) in [6.07, 6.45) is -15.2. The van der Waals surface area contributed by atoms with Crippen molar-refractivity contribution in [3.05, 3.63) is 0 Å². The molecular formula is C8AgF17O3S. The largest absolute Gasteiger partial charge is 1.00 e. The van der Waals surface area contributed by atoms with Crippen molar-refractivity contribution in [3.63, 3.8) is 0 Å². The molecule has 186 valence electrons. The maximum Gasteiger partial charge on any atom is 1.00 e. The zero-order valence-electron chi connectivity index (χ0n) is 12.4. The van der Waals surface area contributed by atoms with Crippen LogP contribution in [0.15, 0.2) is 0 Å². The van der Waals surface area contributed by atoms with E-state index in [1.807, 2.05) is 0 Å². The molecule has 0 aromatic heterocycles. The van der Waals surface area contributed by atoms with Gasteiger partial charge in [0, 0.05) is 0 Å². The second-order valence-electron chi connectivity index (χ2n) is 4.75. The number of hydrogen-bond acceptors (Lipinski definition) is 4. The fourth-order valence-corrected chi connectivity index (χ4v) is 1.56. The Morgan fingerprint density at radius 2 is 0.667 bits per heavy atom. The molecule has 0 unspecified atom stereocenters. The van der Waals surface area contributed by atoms with E-state index in [1.54, 1.807) is 4.18 Å². The Labute approximate surface area is 169 Å². The van der Waals surface area contributed by atoms with Crippen molar-refractivity contribution in [2.24, 2.45) is 0 Å². The van der Waals surface area contributed by atoms with Gasteiger partial charge in [-0.2, -0.15) is 74.6 Å². The standard InChI is InChI=1S/C8F17O3S.Ag/c9-1(10,3(13,14)5(17,18)7(21,22)23)2(11,12)4(15,16)6(19,20)8(24,25)28-29(26)27;/q-1;+1. The Morgan fingerprint density at radius 3 is 0.900 bits per heavy atom. The molecule has 0 fully saturated rings. The van der Waals surface area contributed by atoms with Crippen molar-refractivity contribution < 1.29 is 110 Å². The molecular weight excluding hydrogens is 607 g/mol. The molecule has 0 heterocycles. The molecule has 0 radical (unpaired) electrons. The quantitative estimate of drug-likeness (QED) is 0.217. The van der Waals surface area contributed by atoms with Gasteiger partial charge in [-0.25, -0.2) is 0 Å². The fourth-order valence-electron chi connectivity index (χ4n) is 1.29. The van der Waals surface area contributed by atoms with E-state index in [9.17, 15) is 83.1 Å². The summed E-state index contributed by atoms with van der Waals surface area (Å²) >= 11 is 0. The van der Waals surface area contributed by atoms with Crippen LogP contribution in [0.25, 0.3) is 0 Å². The SMILES string of the molecule is O=[S-](=O)OC(F)(F)C(F)(F)C(F)(F)C(F)(F)C(F)(F)C(F)(F)C(F)(F)C(F)(F)F.[Ag+]. The van der Waals surface area contributed by atoms with Crippen LogP contribution >= 0.6 is 0 Å². The molecule has 0 atom stereocenters. The molecule has 0 rings (SSSR count). The second-order valence-corrected chi connectivity index (χ2v) is 5.32. The molecule has 0 bridgehead atoms. The summed E-state index contributed by atoms with van der Waals surface area (Å²) in [5.41, 5.74) is 0. The van der Waals surface area contributed by atoms with Crippen molar-refractivity contribution in [2.45, 2.75) is 47.8 Å². The summed E-state index contributed by atoms with van der Waals surface area (Å²) < 4.78 is 236. The van der Waals surface area contributed by atoms with Crippen molar-refractivity contribution in [2.75, 3.05) is 0 Å². The van der Waals surface area contributed by atoms with Gasteiger partial charge >= 0.3 is 70.2 Å². The molecule has 0 N–H and O–H groups in total. The summed E-state index contributed by atoms with van der Waals surface area (Å²) in [6.45, 7) is 0. The van der Waals surface area contributed by atoms with Gasteiger partial charge in [0.2, 0.25) is 0 Å². The molecule has 30 heavy (non-hydrogen) atoms. The molecule has 0 aromatic carbocycles. The van der Waals surface area contributed by atoms with Gasteiger partial charge in [-0.15, -0.1) is 0 Å². The Balaban J connectivity index is 0. The van der Waals surface area contributed by atoms with E-state index in [2.05, 4.69) is 0 Å². The van der Waals surface area contributed by atoms with Crippen LogP contribution in [0.3, 0.4) is 0 Å². The average Bonchev–Trinajstić information content (AvgIpc) is 2.43. The summed E-state index contributed by atoms with van der Waals surface area (Å²) in [4.78, 5) is 0. The molecule has 3 nitrogen and oxygen atoms in total. The van der Waals surface area contributed by atoms with Crippen LogP contribution in [0.1, 0.15) is 0 Å². The number of hydrogen-bond donors (Lipinski definition) is 0. The van der Waals surface area contributed by atoms with Crippen molar-refractivity contribution >= 4 is 11.0 Å². The second kappa shape index (κ2) is 8.10. The molecule has 0 amide bonds. The third-order valence-electron chi connectivity index (χ3n) is 2.87. The molecule has 0 aromatic rings. The first-order valence-corrected chi connectivity index (χ1v) is 6.67. The van der Waals surface area contributed by atoms with Gasteiger partial charge < -0.3 is 12.6 Å². The first-order valence-electron chi connectivity index (χ1n) is 5.67. The van der Waals surface area contributed by atoms with Gasteiger partial charge in [0.1, 0.15) is 0 Å². The maximum atomic E-state index is 13.1. The Kier molecular flexibility index (Phi) is 8.55. The van der Waals surface area contributed by atoms with E-state index in [-0.39, 0.29) is 22.4 Å². The summed E-state index contributed by atoms with van der Waals surface area (Å²) in [5, 5.41) is 0. The van der Waals surface area contributed by atoms with E-state index in [1.165, 1.54) is 0 Å². The van der Waals surface area contributed by atoms with E-state index in [0.29, 0.717) is 0 Å². The summed E-state index contributed by atoms with van der Waals surface area (Å²) in [7, 11) is -4.97. The van der Waals surface area contributed by atoms with E-state index >= 15 is 0 Å². The van der Waals surface area contributed by atoms with Crippen LogP contribution in [0, 0.1) is 0 Å². The normalized spacial score (nSPS) is 15.9. The molecule has 0 spiro atoms. The first kappa shape index (κ1) is 31.6. The molecule has 0 aliphatic rings. The van der Waals surface area contributed by atoms with Gasteiger partial charge in [-0.05, 0) is 0 Å². The van der Waals surface area contributed by atoms with Crippen LogP contribution in [0.4, 0.5) is 74.6 Å². The monoisotopic (exact) mass is 606 g/mol. The minimum Gasteiger partial charge on any atom is -0.397 e. The van der Waals surface area contributed by atoms with E-state index < -0.39 is 58.8 Å². The number of alkyl halides is 17. The summed E-state index contributed by atoms with van der Waals surface area (Å²) in [6, 6.07) is 0. The average molecular weight is 607 g/mol. The van der Waals surface area contributed by atoms with Gasteiger partial charge in [0.05, 0.1) is 11.0 Å². The fraction of sp³-hybridized carbons (Fsp3) is 1.00. The van der Waals surface area contributed by atoms with Gasteiger partial charge in [-0.1, -0.05) is 0 Å². The zero-order valence-corrected chi connectivity index (χ0v) is 14.7. The summed E-state index contributed by atoms with van der Waals surface area (Å²) in [5.74, 6) is -51.2. The van der Waals surface area contributed by atoms with E-state index in [4.69, 9.17) is 0 Å². The third kappa shape index (κ3) is 4.22. The Bertz CT molecular complexity index is 688. The number of rotatable bonds is 8. The van der Waals surface area contributed by atoms with Gasteiger partial charge in [0.25, 0.3) is 0 Å². The minimum atomic E-state index is -8.78. The predicted octanol–water partition coefficient (Wildman–Crippen LogP) is 5.19. The molecule has 0 saturated carbocycles. The predicted molar refractivity (Wildman–Crippen MR) is 50.5 cm³/mol. The van der Waals surface area contributed by atoms with Crippen molar-refractivity contribution in [3.8, 4) is 0 Å². The van der Waals surface area contributed by atoms with E-state index in [0.717, 1.165) is 0 Å². The minimum absolute atomic E-state index is 0. The van der Waals surface area contributed by atoms with Crippen molar-refractivity contribution in [1.29, 1.82) is 0 Å². The van der Waals surface area contributed by atoms with Gasteiger partial charge in [-0.3, -0.25) is 0 Å². The Hall–Kier alpha value is -0.540. The molecule has 0 aliphatic carbocycles. The molecule has 22 heteroatoms. The van der Waals surface area contributed by atoms with Crippen LogP contribution in [-0.4, -0.2) is 47.8 Å². The maximum absolute atomic E-state index is 13.1. The Morgan fingerprint density at radius 1 is 0.433 bits per heavy atom. The van der Waals surface area contributed by atoms with Crippen molar-refractivity contribution in [1.82, 2.24) is 0 Å². The third-order valence-corrected chi connectivity index (χ3v) is 3.21. The van der Waals surface area contributed by atoms with Crippen LogP contribution in [0.2, 0.25) is 0 Å². The smallest absolute Gasteiger partial charge is 0.397 e. The van der Waals surface area contributed by atoms with Gasteiger partial charge in [0.15, 0.2) is 0 Å². The first-order chi connectivity index (χ1) is 12.2.